The summed E-state index contributed by atoms with van der Waals surface area (Å²) in [5.74, 6) is -8.71. The zero-order valence-corrected chi connectivity index (χ0v) is 75.6. The second kappa shape index (κ2) is 54.3. The summed E-state index contributed by atoms with van der Waals surface area (Å²) in [7, 11) is -7.57. The molecule has 1 heterocycles. The molecule has 14 atom stereocenters. The van der Waals surface area contributed by atoms with Gasteiger partial charge in [-0.2, -0.15) is 4.31 Å². The van der Waals surface area contributed by atoms with Crippen LogP contribution in [0.4, 0.5) is 24.9 Å². The first-order chi connectivity index (χ1) is 58.0. The molecule has 688 valence electrons. The molecule has 1 aliphatic carbocycles. The van der Waals surface area contributed by atoms with Gasteiger partial charge in [-0.15, -0.1) is 0 Å². The number of amides is 12. The molecule has 0 saturated heterocycles. The molecule has 13 N–H and O–H groups in total. The minimum atomic E-state index is -5.16. The number of carbonyl (C=O) groups is 13. The standard InChI is InChI=1S/C83H129ClN12O25P2/c1-15-53(7)70-75(101)90-58(12)79(105)120-71(54(8)16-2)56(10)66(41-32-55(9)78(104)118-67(47-51(3)4)73(99)89-57(11)76(102)96(14)65(48-59-33-37-61(84)38-34-59)77(103)95(13)49-68(97)93-70)119-82(108)88-43-25-21-27-46-116-123(112,113)121-122(110,111)115-45-26-20-24-42-87-81(107)114-50-60-35-39-62(40-36-60)91-72(98)64(31-28-44-86-80(85)106)92-74(100)69(52(5)6)94-83(109)117-63-29-22-18-17-19-23-30-63/h16-18,32-40,51-53,56-58,63-67,69-71H,15,19-31,41-50H2,1-14H3,(H,87,107)(H,88,108)(H,89,99)(H,90,101)(H,91,98)(H,92,100)(H,93,97)(H,94,109)(H,110,111)(H,112,113)(H3,85,86,106)/b18-17+,54-16+,55-32+/t53?,56-,57-,58+,63?,64+,65+,66-,67+,69+,70-,71+/m0/s1. The van der Waals surface area contributed by atoms with Crippen molar-refractivity contribution in [3.05, 3.63) is 100 Å². The predicted molar refractivity (Wildman–Crippen MR) is 457 cm³/mol. The van der Waals surface area contributed by atoms with Gasteiger partial charge in [-0.3, -0.25) is 42.6 Å². The lowest BCUT2D eigenvalue weighted by Crippen LogP contribution is -2.57. The molecule has 2 aromatic rings. The van der Waals surface area contributed by atoms with Crippen LogP contribution in [0.25, 0.3) is 0 Å². The Balaban J connectivity index is 1.30. The van der Waals surface area contributed by atoms with E-state index in [0.29, 0.717) is 59.5 Å². The summed E-state index contributed by atoms with van der Waals surface area (Å²) in [5.41, 5.74) is 7.20. The van der Waals surface area contributed by atoms with Crippen LogP contribution in [0.5, 0.6) is 0 Å². The van der Waals surface area contributed by atoms with E-state index in [2.05, 4.69) is 58.2 Å². The summed E-state index contributed by atoms with van der Waals surface area (Å²) in [4.78, 5) is 200. The van der Waals surface area contributed by atoms with Gasteiger partial charge in [0.1, 0.15) is 61.2 Å². The number of primary amides is 1. The van der Waals surface area contributed by atoms with Gasteiger partial charge in [-0.25, -0.2) is 37.9 Å². The first-order valence-corrected chi connectivity index (χ1v) is 45.1. The number of ether oxygens (including phenoxy) is 5. The smallest absolute Gasteiger partial charge is 0.456 e. The molecule has 0 spiro atoms. The maximum atomic E-state index is 14.4. The zero-order valence-electron chi connectivity index (χ0n) is 73.0. The van der Waals surface area contributed by atoms with Crippen molar-refractivity contribution in [1.82, 2.24) is 52.3 Å². The van der Waals surface area contributed by atoms with Gasteiger partial charge < -0.3 is 96.9 Å². The highest BCUT2D eigenvalue weighted by atomic mass is 35.5. The number of likely N-dealkylation sites (N-methyl/N-ethyl adjacent to an activating group) is 2. The van der Waals surface area contributed by atoms with Gasteiger partial charge in [-0.05, 0) is 183 Å². The third-order valence-electron chi connectivity index (χ3n) is 20.4. The topological polar surface area (TPSA) is 511 Å². The largest absolute Gasteiger partial charge is 0.481 e. The van der Waals surface area contributed by atoms with Crippen molar-refractivity contribution in [3.8, 4) is 0 Å². The Bertz CT molecular complexity index is 4020. The van der Waals surface area contributed by atoms with Gasteiger partial charge in [-0.1, -0.05) is 115 Å². The number of nitrogens with zero attached hydrogens (tertiary/aromatic N) is 2. The van der Waals surface area contributed by atoms with E-state index >= 15 is 0 Å². The summed E-state index contributed by atoms with van der Waals surface area (Å²) in [6.07, 6.45) is 6.56. The number of phosphoric ester groups is 2. The van der Waals surface area contributed by atoms with Crippen molar-refractivity contribution >= 4 is 111 Å². The Morgan fingerprint density at radius 1 is 0.707 bits per heavy atom. The van der Waals surface area contributed by atoms with Gasteiger partial charge in [0.25, 0.3) is 5.91 Å². The molecule has 0 fully saturated rings. The van der Waals surface area contributed by atoms with Crippen molar-refractivity contribution in [2.24, 2.45) is 29.4 Å². The maximum Gasteiger partial charge on any atom is 0.481 e. The van der Waals surface area contributed by atoms with E-state index in [1.165, 1.54) is 40.9 Å². The van der Waals surface area contributed by atoms with Gasteiger partial charge in [0.15, 0.2) is 6.10 Å². The lowest BCUT2D eigenvalue weighted by Gasteiger charge is -2.33. The number of urea groups is 1. The first-order valence-electron chi connectivity index (χ1n) is 41.8. The maximum absolute atomic E-state index is 14.4. The fourth-order valence-corrected chi connectivity index (χ4v) is 15.1. The van der Waals surface area contributed by atoms with Gasteiger partial charge in [0, 0.05) is 68.8 Å². The number of nitrogens with two attached hydrogens (primary N) is 1. The van der Waals surface area contributed by atoms with E-state index in [9.17, 15) is 81.2 Å². The molecule has 40 heteroatoms. The van der Waals surface area contributed by atoms with Crippen LogP contribution in [-0.2, 0) is 102 Å². The number of cyclic esters (lactones) is 2. The second-order valence-corrected chi connectivity index (χ2v) is 35.0. The summed E-state index contributed by atoms with van der Waals surface area (Å²) < 4.78 is 68.6. The number of allylic oxidation sites excluding steroid dienone is 3. The highest BCUT2D eigenvalue weighted by Crippen LogP contribution is 2.60. The van der Waals surface area contributed by atoms with Crippen molar-refractivity contribution < 1.29 is 118 Å². The molecule has 123 heavy (non-hydrogen) atoms. The van der Waals surface area contributed by atoms with Gasteiger partial charge in [0.2, 0.25) is 35.4 Å². The Morgan fingerprint density at radius 3 is 1.91 bits per heavy atom. The number of hydrogen-bond donors (Lipinski definition) is 12. The zero-order chi connectivity index (χ0) is 91.7. The minimum absolute atomic E-state index is 0.0169. The number of alkyl carbamates (subject to hydrolysis) is 3. The molecular weight excluding hydrogens is 1660 g/mol. The van der Waals surface area contributed by atoms with E-state index in [1.54, 1.807) is 117 Å². The molecule has 1 aliphatic heterocycles. The Labute approximate surface area is 725 Å². The van der Waals surface area contributed by atoms with Crippen molar-refractivity contribution in [3.63, 3.8) is 0 Å². The van der Waals surface area contributed by atoms with E-state index < -0.39 is 173 Å². The molecule has 37 nitrogen and oxygen atoms in total. The Morgan fingerprint density at radius 2 is 1.31 bits per heavy atom. The highest BCUT2D eigenvalue weighted by Gasteiger charge is 2.40. The summed E-state index contributed by atoms with van der Waals surface area (Å²) >= 11 is 6.18. The monoisotopic (exact) mass is 1790 g/mol. The molecule has 0 bridgehead atoms. The van der Waals surface area contributed by atoms with Crippen LogP contribution in [0.2, 0.25) is 5.02 Å². The molecule has 2 aromatic carbocycles. The first kappa shape index (κ1) is 106. The summed E-state index contributed by atoms with van der Waals surface area (Å²) in [6.45, 7) is 18.4. The average molecular weight is 1790 g/mol. The fourth-order valence-electron chi connectivity index (χ4n) is 12.9. The number of hydrogen-bond acceptors (Lipinski definition) is 23. The highest BCUT2D eigenvalue weighted by molar-refractivity contribution is 7.61. The molecule has 0 radical (unpaired) electrons. The minimum Gasteiger partial charge on any atom is -0.456 e. The van der Waals surface area contributed by atoms with Crippen molar-refractivity contribution in [2.75, 3.05) is 58.8 Å². The van der Waals surface area contributed by atoms with Crippen LogP contribution < -0.4 is 53.6 Å². The van der Waals surface area contributed by atoms with Crippen LogP contribution in [-0.4, -0.2) is 211 Å². The van der Waals surface area contributed by atoms with Crippen LogP contribution in [0.15, 0.2) is 84.0 Å². The number of unbranched alkanes of at least 4 members (excludes halogenated alkanes) is 4. The van der Waals surface area contributed by atoms with E-state index in [0.717, 1.165) is 29.1 Å². The lowest BCUT2D eigenvalue weighted by molar-refractivity contribution is -0.155. The molecule has 2 aliphatic rings. The van der Waals surface area contributed by atoms with Crippen molar-refractivity contribution in [1.29, 1.82) is 0 Å². The SMILES string of the molecule is C/C=C(\C)[C@H]1OC(=O)[C@@H](C)NC(=O)[C@H](C(C)CC)NC(=O)CN(C)C(=O)[C@@H](Cc2ccc(Cl)cc2)N(C)C(=O)[C@H](C)NC(=O)[C@@H](CC(C)C)OC(=O)/C(C)=C/C[C@H](OC(=O)NCCCCCOP(=O)(O)OP(=O)(O)OCCCCCNC(=O)OCc2ccc(NC(=O)[C@@H](CCCNC(N)=O)NC(=O)[C@H](NC(=O)OC3CC/C=C/CCC3)C(C)C)cc2)[C@@H]1C. The van der Waals surface area contributed by atoms with E-state index in [1.807, 2.05) is 6.08 Å². The van der Waals surface area contributed by atoms with E-state index in [4.69, 9.17) is 50.1 Å². The third kappa shape index (κ3) is 39.9. The number of benzene rings is 2. The average Bonchev–Trinajstić information content (AvgIpc) is 0.846. The lowest BCUT2D eigenvalue weighted by atomic mass is 9.90. The van der Waals surface area contributed by atoms with Crippen LogP contribution >= 0.6 is 27.2 Å². The fraction of sp³-hybridized carbons (Fsp3) is 0.627. The summed E-state index contributed by atoms with van der Waals surface area (Å²) in [5, 5.41) is 24.2. The quantitative estimate of drug-likeness (QED) is 0.00984. The molecular formula is C83H129ClN12O25P2. The normalized spacial score (nSPS) is 22.9. The van der Waals surface area contributed by atoms with Crippen LogP contribution in [0.3, 0.4) is 0 Å². The Hall–Kier alpha value is -9.48. The summed E-state index contributed by atoms with van der Waals surface area (Å²) in [6, 6.07) is 4.93. The molecule has 4 unspecified atom stereocenters. The predicted octanol–water partition coefficient (Wildman–Crippen LogP) is 9.65. The number of nitrogens with one attached hydrogen (secondary N) is 9. The number of anilines is 1. The van der Waals surface area contributed by atoms with Crippen molar-refractivity contribution in [2.45, 2.75) is 260 Å². The molecule has 12 amide bonds. The second-order valence-electron chi connectivity index (χ2n) is 31.5. The number of esters is 2. The van der Waals surface area contributed by atoms with Gasteiger partial charge in [0.05, 0.1) is 19.8 Å². The van der Waals surface area contributed by atoms with Crippen LogP contribution in [0.1, 0.15) is 197 Å². The van der Waals surface area contributed by atoms with Crippen LogP contribution in [0, 0.1) is 23.7 Å². The number of halogens is 1. The Kier molecular flexibility index (Phi) is 46.7. The number of carbonyl (C=O) groups excluding carboxylic acids is 13. The molecule has 0 aromatic heterocycles. The molecule has 4 rings (SSSR count). The van der Waals surface area contributed by atoms with Gasteiger partial charge >= 0.3 is 51.9 Å². The number of rotatable bonds is 37. The third-order valence-corrected chi connectivity index (χ3v) is 23.4. The number of phosphoric acid groups is 2. The molecule has 0 saturated carbocycles. The van der Waals surface area contributed by atoms with E-state index in [-0.39, 0.29) is 114 Å².